The Morgan fingerprint density at radius 2 is 2.46 bits per heavy atom. The molecule has 13 heavy (non-hydrogen) atoms. The van der Waals surface area contributed by atoms with Gasteiger partial charge in [0, 0.05) is 18.8 Å². The highest BCUT2D eigenvalue weighted by Gasteiger charge is 2.23. The molecule has 0 aromatic carbocycles. The maximum absolute atomic E-state index is 5.52. The molecular formula is C9H13N3O. The van der Waals surface area contributed by atoms with Crippen molar-refractivity contribution in [1.29, 1.82) is 0 Å². The van der Waals surface area contributed by atoms with Crippen LogP contribution in [0.15, 0.2) is 12.3 Å². The third kappa shape index (κ3) is 2.31. The van der Waals surface area contributed by atoms with Crippen LogP contribution in [-0.2, 0) is 0 Å². The van der Waals surface area contributed by atoms with Gasteiger partial charge in [0.25, 0.3) is 0 Å². The van der Waals surface area contributed by atoms with Gasteiger partial charge in [0.15, 0.2) is 0 Å². The second kappa shape index (κ2) is 3.60. The first-order valence-electron chi connectivity index (χ1n) is 4.62. The highest BCUT2D eigenvalue weighted by Crippen LogP contribution is 2.25. The fraction of sp³-hybridized carbons (Fsp3) is 0.556. The zero-order chi connectivity index (χ0) is 9.10. The van der Waals surface area contributed by atoms with Crippen molar-refractivity contribution < 1.29 is 4.74 Å². The van der Waals surface area contributed by atoms with Crippen molar-refractivity contribution >= 4 is 5.95 Å². The molecule has 1 fully saturated rings. The molecule has 1 saturated carbocycles. The number of anilines is 1. The number of aromatic nitrogens is 2. The molecule has 4 nitrogen and oxygen atoms in total. The van der Waals surface area contributed by atoms with E-state index in [0.29, 0.717) is 17.9 Å². The minimum Gasteiger partial charge on any atom is -0.474 e. The van der Waals surface area contributed by atoms with Crippen LogP contribution in [0, 0.1) is 0 Å². The number of nitrogens with zero attached hydrogens (tertiary/aromatic N) is 2. The SMILES string of the molecule is CCNc1nccc(OC2CC2)n1. The van der Waals surface area contributed by atoms with Crippen molar-refractivity contribution in [3.05, 3.63) is 12.3 Å². The Hall–Kier alpha value is -1.32. The number of hydrogen-bond acceptors (Lipinski definition) is 4. The molecule has 2 rings (SSSR count). The minimum atomic E-state index is 0.393. The lowest BCUT2D eigenvalue weighted by Gasteiger charge is -2.04. The number of ether oxygens (including phenoxy) is 1. The van der Waals surface area contributed by atoms with E-state index in [1.807, 2.05) is 6.92 Å². The lowest BCUT2D eigenvalue weighted by Crippen LogP contribution is -2.04. The molecule has 1 heterocycles. The molecular weight excluding hydrogens is 166 g/mol. The van der Waals surface area contributed by atoms with E-state index in [4.69, 9.17) is 4.74 Å². The van der Waals surface area contributed by atoms with Gasteiger partial charge < -0.3 is 10.1 Å². The Morgan fingerprint density at radius 1 is 1.62 bits per heavy atom. The van der Waals surface area contributed by atoms with Crippen molar-refractivity contribution in [1.82, 2.24) is 9.97 Å². The van der Waals surface area contributed by atoms with Crippen molar-refractivity contribution in [3.63, 3.8) is 0 Å². The van der Waals surface area contributed by atoms with Gasteiger partial charge in [-0.2, -0.15) is 4.98 Å². The lowest BCUT2D eigenvalue weighted by atomic mass is 10.6. The molecule has 70 valence electrons. The van der Waals surface area contributed by atoms with Gasteiger partial charge in [0.1, 0.15) is 6.10 Å². The van der Waals surface area contributed by atoms with Gasteiger partial charge in [0.05, 0.1) is 0 Å². The molecule has 1 N–H and O–H groups in total. The van der Waals surface area contributed by atoms with Gasteiger partial charge in [-0.25, -0.2) is 4.98 Å². The van der Waals surface area contributed by atoms with Crippen LogP contribution in [0.5, 0.6) is 5.88 Å². The van der Waals surface area contributed by atoms with Gasteiger partial charge in [-0.1, -0.05) is 0 Å². The summed E-state index contributed by atoms with van der Waals surface area (Å²) in [6.45, 7) is 2.84. The average molecular weight is 179 g/mol. The average Bonchev–Trinajstić information content (AvgIpc) is 2.90. The van der Waals surface area contributed by atoms with Gasteiger partial charge in [-0.05, 0) is 19.8 Å². The van der Waals surface area contributed by atoms with Crippen LogP contribution in [0.3, 0.4) is 0 Å². The first-order valence-corrected chi connectivity index (χ1v) is 4.62. The molecule has 0 aliphatic heterocycles. The third-order valence-electron chi connectivity index (χ3n) is 1.78. The molecule has 1 aromatic rings. The lowest BCUT2D eigenvalue weighted by molar-refractivity contribution is 0.291. The number of nitrogens with one attached hydrogen (secondary N) is 1. The van der Waals surface area contributed by atoms with Crippen LogP contribution in [0.2, 0.25) is 0 Å². The molecule has 0 unspecified atom stereocenters. The molecule has 0 amide bonds. The number of hydrogen-bond donors (Lipinski definition) is 1. The van der Waals surface area contributed by atoms with Crippen LogP contribution in [0.4, 0.5) is 5.95 Å². The Bertz CT molecular complexity index is 286. The maximum Gasteiger partial charge on any atom is 0.225 e. The standard InChI is InChI=1S/C9H13N3O/c1-2-10-9-11-6-5-8(12-9)13-7-3-4-7/h5-7H,2-4H2,1H3,(H,10,11,12). The summed E-state index contributed by atoms with van der Waals surface area (Å²) in [4.78, 5) is 8.25. The van der Waals surface area contributed by atoms with E-state index >= 15 is 0 Å². The fourth-order valence-corrected chi connectivity index (χ4v) is 1.01. The summed E-state index contributed by atoms with van der Waals surface area (Å²) in [5.74, 6) is 1.31. The summed E-state index contributed by atoms with van der Waals surface area (Å²) in [5.41, 5.74) is 0. The van der Waals surface area contributed by atoms with Crippen LogP contribution in [0.1, 0.15) is 19.8 Å². The van der Waals surface area contributed by atoms with Crippen LogP contribution < -0.4 is 10.1 Å². The topological polar surface area (TPSA) is 47.0 Å². The molecule has 1 aliphatic carbocycles. The zero-order valence-corrected chi connectivity index (χ0v) is 7.66. The molecule has 4 heteroatoms. The second-order valence-electron chi connectivity index (χ2n) is 3.07. The molecule has 0 saturated heterocycles. The van der Waals surface area contributed by atoms with E-state index < -0.39 is 0 Å². The summed E-state index contributed by atoms with van der Waals surface area (Å²) in [6.07, 6.45) is 4.41. The summed E-state index contributed by atoms with van der Waals surface area (Å²) in [6, 6.07) is 1.79. The van der Waals surface area contributed by atoms with E-state index in [2.05, 4.69) is 15.3 Å². The van der Waals surface area contributed by atoms with Gasteiger partial charge in [-0.15, -0.1) is 0 Å². The van der Waals surface area contributed by atoms with Crippen LogP contribution in [0.25, 0.3) is 0 Å². The predicted molar refractivity (Wildman–Crippen MR) is 49.8 cm³/mol. The van der Waals surface area contributed by atoms with Gasteiger partial charge in [0.2, 0.25) is 11.8 Å². The summed E-state index contributed by atoms with van der Waals surface area (Å²) >= 11 is 0. The highest BCUT2D eigenvalue weighted by atomic mass is 16.5. The molecule has 0 bridgehead atoms. The van der Waals surface area contributed by atoms with E-state index in [-0.39, 0.29) is 0 Å². The van der Waals surface area contributed by atoms with Crippen molar-refractivity contribution in [2.24, 2.45) is 0 Å². The van der Waals surface area contributed by atoms with Crippen LogP contribution in [-0.4, -0.2) is 22.6 Å². The molecule has 1 aromatic heterocycles. The monoisotopic (exact) mass is 179 g/mol. The van der Waals surface area contributed by atoms with E-state index in [1.165, 1.54) is 0 Å². The van der Waals surface area contributed by atoms with E-state index in [0.717, 1.165) is 19.4 Å². The smallest absolute Gasteiger partial charge is 0.225 e. The summed E-state index contributed by atoms with van der Waals surface area (Å²) in [5, 5.41) is 3.04. The summed E-state index contributed by atoms with van der Waals surface area (Å²) < 4.78 is 5.52. The van der Waals surface area contributed by atoms with Gasteiger partial charge in [-0.3, -0.25) is 0 Å². The second-order valence-corrected chi connectivity index (χ2v) is 3.07. The van der Waals surface area contributed by atoms with Crippen LogP contribution >= 0.6 is 0 Å². The Balaban J connectivity index is 2.02. The van der Waals surface area contributed by atoms with Gasteiger partial charge >= 0.3 is 0 Å². The first-order chi connectivity index (χ1) is 6.38. The fourth-order valence-electron chi connectivity index (χ4n) is 1.01. The first kappa shape index (κ1) is 8.29. The third-order valence-corrected chi connectivity index (χ3v) is 1.78. The van der Waals surface area contributed by atoms with Crippen molar-refractivity contribution in [3.8, 4) is 5.88 Å². The van der Waals surface area contributed by atoms with E-state index in [1.54, 1.807) is 12.3 Å². The number of rotatable bonds is 4. The predicted octanol–water partition coefficient (Wildman–Crippen LogP) is 1.45. The molecule has 1 aliphatic rings. The summed E-state index contributed by atoms with van der Waals surface area (Å²) in [7, 11) is 0. The van der Waals surface area contributed by atoms with E-state index in [9.17, 15) is 0 Å². The Morgan fingerprint density at radius 3 is 3.15 bits per heavy atom. The largest absolute Gasteiger partial charge is 0.474 e. The maximum atomic E-state index is 5.52. The normalized spacial score (nSPS) is 15.5. The zero-order valence-electron chi connectivity index (χ0n) is 7.66. The van der Waals surface area contributed by atoms with Crippen molar-refractivity contribution in [2.75, 3.05) is 11.9 Å². The molecule has 0 radical (unpaired) electrons. The highest BCUT2D eigenvalue weighted by molar-refractivity contribution is 5.27. The molecule has 0 atom stereocenters. The van der Waals surface area contributed by atoms with Crippen molar-refractivity contribution in [2.45, 2.75) is 25.9 Å². The molecule has 0 spiro atoms. The Kier molecular flexibility index (Phi) is 2.29. The Labute approximate surface area is 77.4 Å². The minimum absolute atomic E-state index is 0.393. The quantitative estimate of drug-likeness (QED) is 0.760.